The van der Waals surface area contributed by atoms with Crippen LogP contribution in [-0.2, 0) is 0 Å². The molecule has 0 radical (unpaired) electrons. The van der Waals surface area contributed by atoms with Crippen molar-refractivity contribution in [3.05, 3.63) is 77.9 Å². The van der Waals surface area contributed by atoms with Crippen LogP contribution in [-0.4, -0.2) is 20.9 Å². The number of anilines is 2. The van der Waals surface area contributed by atoms with Gasteiger partial charge >= 0.3 is 0 Å². The van der Waals surface area contributed by atoms with Crippen molar-refractivity contribution < 1.29 is 9.18 Å². The molecule has 3 N–H and O–H groups in total. The summed E-state index contributed by atoms with van der Waals surface area (Å²) in [6, 6.07) is 13.1. The van der Waals surface area contributed by atoms with Crippen LogP contribution >= 0.6 is 0 Å². The first-order chi connectivity index (χ1) is 13.5. The number of amides is 1. The fraction of sp³-hybridized carbons (Fsp3) is 0.0476. The topological polar surface area (TPSA) is 93.8 Å². The zero-order valence-corrected chi connectivity index (χ0v) is 15.0. The van der Waals surface area contributed by atoms with E-state index in [9.17, 15) is 9.18 Å². The van der Waals surface area contributed by atoms with Gasteiger partial charge in [0.1, 0.15) is 11.6 Å². The number of benzene rings is 2. The highest BCUT2D eigenvalue weighted by Crippen LogP contribution is 2.29. The van der Waals surface area contributed by atoms with Crippen molar-refractivity contribution in [3.63, 3.8) is 0 Å². The average Bonchev–Trinajstić information content (AvgIpc) is 2.68. The lowest BCUT2D eigenvalue weighted by Gasteiger charge is -2.14. The molecule has 0 spiro atoms. The molecule has 138 valence electrons. The molecule has 4 rings (SSSR count). The molecule has 2 heterocycles. The summed E-state index contributed by atoms with van der Waals surface area (Å²) < 4.78 is 13.9. The normalized spacial score (nSPS) is 10.8. The summed E-state index contributed by atoms with van der Waals surface area (Å²) in [7, 11) is 0. The highest BCUT2D eigenvalue weighted by Gasteiger charge is 2.14. The monoisotopic (exact) mass is 373 g/mol. The Morgan fingerprint density at radius 3 is 2.71 bits per heavy atom. The lowest BCUT2D eigenvalue weighted by Crippen LogP contribution is -2.14. The van der Waals surface area contributed by atoms with Gasteiger partial charge in [-0.2, -0.15) is 0 Å². The van der Waals surface area contributed by atoms with Crippen LogP contribution < -0.4 is 11.1 Å². The highest BCUT2D eigenvalue weighted by atomic mass is 19.1. The number of halogens is 1. The first-order valence-corrected chi connectivity index (χ1v) is 8.56. The fourth-order valence-electron chi connectivity index (χ4n) is 2.92. The molecule has 4 aromatic rings. The van der Waals surface area contributed by atoms with E-state index in [0.717, 1.165) is 11.1 Å². The van der Waals surface area contributed by atoms with Gasteiger partial charge in [0.05, 0.1) is 16.8 Å². The van der Waals surface area contributed by atoms with Gasteiger partial charge in [-0.05, 0) is 55.0 Å². The van der Waals surface area contributed by atoms with E-state index in [1.165, 1.54) is 12.1 Å². The zero-order valence-electron chi connectivity index (χ0n) is 15.0. The van der Waals surface area contributed by atoms with Gasteiger partial charge < -0.3 is 11.1 Å². The van der Waals surface area contributed by atoms with Crippen LogP contribution in [0.15, 0.2) is 60.9 Å². The van der Waals surface area contributed by atoms with E-state index in [2.05, 4.69) is 20.3 Å². The summed E-state index contributed by atoms with van der Waals surface area (Å²) in [5, 5.41) is 3.63. The number of carbonyl (C=O) groups excluding carboxylic acids is 1. The molecular weight excluding hydrogens is 357 g/mol. The second-order valence-electron chi connectivity index (χ2n) is 6.34. The van der Waals surface area contributed by atoms with Crippen LogP contribution in [0.5, 0.6) is 0 Å². The van der Waals surface area contributed by atoms with Gasteiger partial charge in [-0.1, -0.05) is 6.07 Å². The maximum Gasteiger partial charge on any atom is 0.250 e. The van der Waals surface area contributed by atoms with Gasteiger partial charge in [-0.15, -0.1) is 0 Å². The second-order valence-corrected chi connectivity index (χ2v) is 6.34. The summed E-state index contributed by atoms with van der Waals surface area (Å²) in [6.07, 6.45) is 3.31. The van der Waals surface area contributed by atoms with E-state index in [1.807, 2.05) is 13.0 Å². The maximum absolute atomic E-state index is 13.9. The predicted octanol–water partition coefficient (Wildman–Crippen LogP) is 3.98. The summed E-state index contributed by atoms with van der Waals surface area (Å²) >= 11 is 0. The number of nitrogens with two attached hydrogens (primary N) is 1. The van der Waals surface area contributed by atoms with Crippen LogP contribution in [0, 0.1) is 12.7 Å². The van der Waals surface area contributed by atoms with Gasteiger partial charge in [0, 0.05) is 23.3 Å². The van der Waals surface area contributed by atoms with Crippen LogP contribution in [0.3, 0.4) is 0 Å². The summed E-state index contributed by atoms with van der Waals surface area (Å²) in [4.78, 5) is 25.0. The Morgan fingerprint density at radius 1 is 1.11 bits per heavy atom. The van der Waals surface area contributed by atoms with Crippen molar-refractivity contribution in [2.75, 3.05) is 5.32 Å². The molecule has 0 saturated carbocycles. The second kappa shape index (κ2) is 7.03. The van der Waals surface area contributed by atoms with Crippen molar-refractivity contribution in [2.45, 2.75) is 6.92 Å². The van der Waals surface area contributed by atoms with E-state index in [1.54, 1.807) is 42.7 Å². The fourth-order valence-corrected chi connectivity index (χ4v) is 2.92. The standard InChI is InChI=1S/C21H16FN5O/c1-12-4-6-15(19(23)28)18(9-12)26-21-16-10-14(22)5-7-17(16)25-20(27-21)13-3-2-8-24-11-13/h2-11H,1H3,(H2,23,28)(H,25,26,27). The number of aryl methyl sites for hydroxylation is 1. The number of nitrogens with zero attached hydrogens (tertiary/aromatic N) is 3. The minimum Gasteiger partial charge on any atom is -0.366 e. The van der Waals surface area contributed by atoms with Crippen molar-refractivity contribution in [1.29, 1.82) is 0 Å². The Labute approximate surface area is 160 Å². The Morgan fingerprint density at radius 2 is 1.96 bits per heavy atom. The Bertz CT molecular complexity index is 1190. The molecule has 0 saturated heterocycles. The third-order valence-electron chi connectivity index (χ3n) is 4.27. The van der Waals surface area contributed by atoms with E-state index < -0.39 is 11.7 Å². The van der Waals surface area contributed by atoms with E-state index in [-0.39, 0.29) is 0 Å². The summed E-state index contributed by atoms with van der Waals surface area (Å²) in [5.41, 5.74) is 8.52. The average molecular weight is 373 g/mol. The third-order valence-corrected chi connectivity index (χ3v) is 4.27. The minimum absolute atomic E-state index is 0.316. The molecule has 0 aliphatic heterocycles. The number of hydrogen-bond acceptors (Lipinski definition) is 5. The molecule has 7 heteroatoms. The third kappa shape index (κ3) is 3.37. The predicted molar refractivity (Wildman–Crippen MR) is 106 cm³/mol. The summed E-state index contributed by atoms with van der Waals surface area (Å²) in [6.45, 7) is 1.90. The molecule has 0 unspecified atom stereocenters. The lowest BCUT2D eigenvalue weighted by atomic mass is 10.1. The van der Waals surface area contributed by atoms with Crippen LogP contribution in [0.1, 0.15) is 15.9 Å². The first-order valence-electron chi connectivity index (χ1n) is 8.56. The minimum atomic E-state index is -0.570. The number of nitrogens with one attached hydrogen (secondary N) is 1. The van der Waals surface area contributed by atoms with Gasteiger partial charge in [-0.3, -0.25) is 9.78 Å². The molecule has 0 bridgehead atoms. The first kappa shape index (κ1) is 17.5. The Balaban J connectivity index is 1.92. The van der Waals surface area contributed by atoms with Crippen molar-refractivity contribution >= 4 is 28.3 Å². The molecular formula is C21H16FN5O. The lowest BCUT2D eigenvalue weighted by molar-refractivity contribution is 0.100. The Hall–Kier alpha value is -3.87. The molecule has 0 aliphatic rings. The zero-order chi connectivity index (χ0) is 19.7. The number of hydrogen-bond donors (Lipinski definition) is 2. The van der Waals surface area contributed by atoms with Gasteiger partial charge in [0.15, 0.2) is 5.82 Å². The van der Waals surface area contributed by atoms with Gasteiger partial charge in [0.25, 0.3) is 5.91 Å². The smallest absolute Gasteiger partial charge is 0.250 e. The van der Waals surface area contributed by atoms with Crippen molar-refractivity contribution in [2.24, 2.45) is 5.73 Å². The van der Waals surface area contributed by atoms with Crippen LogP contribution in [0.25, 0.3) is 22.3 Å². The van der Waals surface area contributed by atoms with Gasteiger partial charge in [-0.25, -0.2) is 14.4 Å². The van der Waals surface area contributed by atoms with Crippen LogP contribution in [0.4, 0.5) is 15.9 Å². The quantitative estimate of drug-likeness (QED) is 0.564. The molecule has 1 amide bonds. The van der Waals surface area contributed by atoms with Crippen molar-refractivity contribution in [1.82, 2.24) is 15.0 Å². The summed E-state index contributed by atoms with van der Waals surface area (Å²) in [5.74, 6) is -0.174. The van der Waals surface area contributed by atoms with Gasteiger partial charge in [0.2, 0.25) is 0 Å². The molecule has 6 nitrogen and oxygen atoms in total. The Kier molecular flexibility index (Phi) is 4.41. The molecule has 28 heavy (non-hydrogen) atoms. The number of fused-ring (bicyclic) bond motifs is 1. The SMILES string of the molecule is Cc1ccc(C(N)=O)c(Nc2nc(-c3cccnc3)nc3ccc(F)cc23)c1. The molecule has 2 aromatic heterocycles. The number of aromatic nitrogens is 3. The van der Waals surface area contributed by atoms with Crippen molar-refractivity contribution in [3.8, 4) is 11.4 Å². The molecule has 0 aliphatic carbocycles. The highest BCUT2D eigenvalue weighted by molar-refractivity contribution is 6.01. The van der Waals surface area contributed by atoms with E-state index in [0.29, 0.717) is 33.8 Å². The number of carbonyl (C=O) groups is 1. The molecule has 0 atom stereocenters. The van der Waals surface area contributed by atoms with E-state index >= 15 is 0 Å². The number of rotatable bonds is 4. The van der Waals surface area contributed by atoms with E-state index in [4.69, 9.17) is 5.73 Å². The maximum atomic E-state index is 13.9. The molecule has 2 aromatic carbocycles. The number of primary amides is 1. The number of pyridine rings is 1. The largest absolute Gasteiger partial charge is 0.366 e. The molecule has 0 fully saturated rings. The van der Waals surface area contributed by atoms with Crippen LogP contribution in [0.2, 0.25) is 0 Å².